The van der Waals surface area contributed by atoms with Crippen molar-refractivity contribution in [3.8, 4) is 0 Å². The zero-order valence-corrected chi connectivity index (χ0v) is 16.4. The Kier molecular flexibility index (Phi) is 5.99. The Morgan fingerprint density at radius 1 is 1.38 bits per heavy atom. The van der Waals surface area contributed by atoms with Crippen molar-refractivity contribution >= 4 is 23.2 Å². The number of amides is 2. The van der Waals surface area contributed by atoms with Crippen molar-refractivity contribution in [3.05, 3.63) is 15.6 Å². The number of nitrogens with zero attached hydrogens (tertiary/aromatic N) is 3. The van der Waals surface area contributed by atoms with E-state index in [4.69, 9.17) is 0 Å². The molecule has 2 heterocycles. The van der Waals surface area contributed by atoms with Gasteiger partial charge in [0.25, 0.3) is 0 Å². The molecule has 2 amide bonds. The van der Waals surface area contributed by atoms with E-state index >= 15 is 0 Å². The summed E-state index contributed by atoms with van der Waals surface area (Å²) in [7, 11) is 1.62. The van der Waals surface area contributed by atoms with Crippen molar-refractivity contribution in [2.45, 2.75) is 52.3 Å². The molecule has 2 atom stereocenters. The largest absolute Gasteiger partial charge is 0.406 e. The number of alkyl halides is 3. The Hall–Kier alpha value is -1.64. The van der Waals surface area contributed by atoms with Gasteiger partial charge < -0.3 is 9.80 Å². The Morgan fingerprint density at radius 2 is 2.00 bits per heavy atom. The van der Waals surface area contributed by atoms with Gasteiger partial charge in [0.2, 0.25) is 11.8 Å². The van der Waals surface area contributed by atoms with Gasteiger partial charge in [-0.15, -0.1) is 11.3 Å². The number of carbonyl (C=O) groups excluding carboxylic acids is 2. The van der Waals surface area contributed by atoms with E-state index in [1.165, 1.54) is 4.90 Å². The van der Waals surface area contributed by atoms with Crippen molar-refractivity contribution in [2.24, 2.45) is 5.92 Å². The van der Waals surface area contributed by atoms with Gasteiger partial charge in [0, 0.05) is 30.8 Å². The summed E-state index contributed by atoms with van der Waals surface area (Å²) in [6, 6.07) is -0.251. The van der Waals surface area contributed by atoms with E-state index in [2.05, 4.69) is 4.98 Å². The second-order valence-corrected chi connectivity index (χ2v) is 8.13. The Bertz CT molecular complexity index is 687. The minimum Gasteiger partial charge on any atom is -0.338 e. The maximum Gasteiger partial charge on any atom is 0.406 e. The van der Waals surface area contributed by atoms with E-state index < -0.39 is 24.5 Å². The molecule has 0 saturated carbocycles. The van der Waals surface area contributed by atoms with Crippen molar-refractivity contribution in [3.63, 3.8) is 0 Å². The molecule has 5 nitrogen and oxygen atoms in total. The van der Waals surface area contributed by atoms with Crippen LogP contribution in [-0.4, -0.2) is 52.9 Å². The molecule has 0 unspecified atom stereocenters. The molecule has 2 rings (SSSR count). The summed E-state index contributed by atoms with van der Waals surface area (Å²) in [5, 5.41) is 0.984. The van der Waals surface area contributed by atoms with Gasteiger partial charge in [0.05, 0.1) is 22.7 Å². The average molecular weight is 391 g/mol. The van der Waals surface area contributed by atoms with Crippen LogP contribution < -0.4 is 0 Å². The van der Waals surface area contributed by atoms with Crippen LogP contribution in [0.2, 0.25) is 0 Å². The lowest BCUT2D eigenvalue weighted by Gasteiger charge is -2.27. The topological polar surface area (TPSA) is 53.5 Å². The molecule has 9 heteroatoms. The van der Waals surface area contributed by atoms with Crippen molar-refractivity contribution in [2.75, 3.05) is 20.1 Å². The van der Waals surface area contributed by atoms with Crippen molar-refractivity contribution in [1.29, 1.82) is 0 Å². The van der Waals surface area contributed by atoms with Crippen LogP contribution >= 0.6 is 11.3 Å². The van der Waals surface area contributed by atoms with E-state index in [-0.39, 0.29) is 30.8 Å². The van der Waals surface area contributed by atoms with Crippen LogP contribution in [-0.2, 0) is 9.59 Å². The lowest BCUT2D eigenvalue weighted by Crippen LogP contribution is -2.38. The predicted octanol–water partition coefficient (Wildman–Crippen LogP) is 3.51. The molecule has 1 aliphatic rings. The number of hydrogen-bond donors (Lipinski definition) is 0. The van der Waals surface area contributed by atoms with Crippen molar-refractivity contribution in [1.82, 2.24) is 14.8 Å². The van der Waals surface area contributed by atoms with Gasteiger partial charge in [-0.1, -0.05) is 13.8 Å². The number of likely N-dealkylation sites (tertiary alicyclic amines) is 1. The summed E-state index contributed by atoms with van der Waals surface area (Å²) in [4.78, 5) is 32.2. The molecule has 0 bridgehead atoms. The fourth-order valence-corrected chi connectivity index (χ4v) is 4.19. The maximum absolute atomic E-state index is 12.7. The molecule has 0 radical (unpaired) electrons. The number of aryl methyl sites for hydroxylation is 1. The zero-order valence-electron chi connectivity index (χ0n) is 15.6. The minimum absolute atomic E-state index is 0.176. The number of halogens is 3. The van der Waals surface area contributed by atoms with Crippen LogP contribution in [0, 0.1) is 12.8 Å². The third kappa shape index (κ3) is 4.55. The quantitative estimate of drug-likeness (QED) is 0.772. The van der Waals surface area contributed by atoms with Crippen LogP contribution in [0.5, 0.6) is 0 Å². The lowest BCUT2D eigenvalue weighted by atomic mass is 10.1. The van der Waals surface area contributed by atoms with Gasteiger partial charge in [-0.3, -0.25) is 9.59 Å². The predicted molar refractivity (Wildman–Crippen MR) is 92.9 cm³/mol. The van der Waals surface area contributed by atoms with E-state index in [0.717, 1.165) is 20.5 Å². The molecule has 0 aliphatic carbocycles. The zero-order chi connectivity index (χ0) is 19.8. The first kappa shape index (κ1) is 20.7. The number of rotatable bonds is 5. The highest BCUT2D eigenvalue weighted by Gasteiger charge is 2.42. The lowest BCUT2D eigenvalue weighted by molar-refractivity contribution is -0.157. The third-order valence-corrected chi connectivity index (χ3v) is 6.21. The summed E-state index contributed by atoms with van der Waals surface area (Å²) >= 11 is 1.54. The fraction of sp³-hybridized carbons (Fsp3) is 0.706. The Morgan fingerprint density at radius 3 is 2.50 bits per heavy atom. The van der Waals surface area contributed by atoms with Gasteiger partial charge in [0.1, 0.15) is 6.54 Å². The molecule has 0 N–H and O–H groups in total. The monoisotopic (exact) mass is 391 g/mol. The summed E-state index contributed by atoms with van der Waals surface area (Å²) in [6.45, 7) is 6.35. The van der Waals surface area contributed by atoms with Crippen LogP contribution in [0.25, 0.3) is 0 Å². The average Bonchev–Trinajstić information content (AvgIpc) is 3.07. The molecule has 1 aromatic rings. The van der Waals surface area contributed by atoms with E-state index in [0.29, 0.717) is 0 Å². The normalized spacial score (nSPS) is 19.3. The van der Waals surface area contributed by atoms with Crippen LogP contribution in [0.15, 0.2) is 0 Å². The molecular weight excluding hydrogens is 367 g/mol. The number of hydrogen-bond acceptors (Lipinski definition) is 4. The summed E-state index contributed by atoms with van der Waals surface area (Å²) in [5.74, 6) is -1.40. The molecule has 146 valence electrons. The number of thiazole rings is 1. The first-order valence-corrected chi connectivity index (χ1v) is 9.30. The second-order valence-electron chi connectivity index (χ2n) is 7.07. The number of carbonyl (C=O) groups is 2. The summed E-state index contributed by atoms with van der Waals surface area (Å²) in [6.07, 6.45) is -4.63. The first-order valence-electron chi connectivity index (χ1n) is 8.49. The van der Waals surface area contributed by atoms with Crippen LogP contribution in [0.3, 0.4) is 0 Å². The standard InChI is InChI=1S/C17H24F3N3O2S/c1-9(2)15-21-10(3)14(26-15)11(4)22(5)16(25)12-6-13(24)23(7-12)8-17(18,19)20/h9,11-12H,6-8H2,1-5H3/t11-,12-/m1/s1. The maximum atomic E-state index is 12.7. The van der Waals surface area contributed by atoms with E-state index in [1.807, 2.05) is 27.7 Å². The molecule has 1 aliphatic heterocycles. The molecule has 0 aromatic carbocycles. The molecule has 1 saturated heterocycles. The first-order chi connectivity index (χ1) is 11.9. The molecule has 0 spiro atoms. The van der Waals surface area contributed by atoms with Gasteiger partial charge >= 0.3 is 6.18 Å². The summed E-state index contributed by atoms with van der Waals surface area (Å²) < 4.78 is 37.6. The SMILES string of the molecule is Cc1nc(C(C)C)sc1[C@@H](C)N(C)C(=O)[C@@H]1CC(=O)N(CC(F)(F)F)C1. The highest BCUT2D eigenvalue weighted by molar-refractivity contribution is 7.11. The van der Waals surface area contributed by atoms with Gasteiger partial charge in [-0.2, -0.15) is 13.2 Å². The van der Waals surface area contributed by atoms with Gasteiger partial charge in [-0.05, 0) is 13.8 Å². The molecule has 1 aromatic heterocycles. The molecular formula is C17H24F3N3O2S. The van der Waals surface area contributed by atoms with Gasteiger partial charge in [0.15, 0.2) is 0 Å². The molecule has 1 fully saturated rings. The van der Waals surface area contributed by atoms with Gasteiger partial charge in [-0.25, -0.2) is 4.98 Å². The highest BCUT2D eigenvalue weighted by Crippen LogP contribution is 2.33. The number of aromatic nitrogens is 1. The van der Waals surface area contributed by atoms with Crippen LogP contribution in [0.1, 0.15) is 54.7 Å². The van der Waals surface area contributed by atoms with E-state index in [1.54, 1.807) is 18.4 Å². The minimum atomic E-state index is -4.46. The second kappa shape index (κ2) is 7.54. The highest BCUT2D eigenvalue weighted by atomic mass is 32.1. The van der Waals surface area contributed by atoms with Crippen LogP contribution in [0.4, 0.5) is 13.2 Å². The summed E-state index contributed by atoms with van der Waals surface area (Å²) in [5.41, 5.74) is 0.854. The molecule has 26 heavy (non-hydrogen) atoms. The van der Waals surface area contributed by atoms with E-state index in [9.17, 15) is 22.8 Å². The third-order valence-electron chi connectivity index (χ3n) is 4.58. The smallest absolute Gasteiger partial charge is 0.338 e. The fourth-order valence-electron chi connectivity index (χ4n) is 3.03. The Labute approximate surface area is 155 Å². The van der Waals surface area contributed by atoms with Crippen molar-refractivity contribution < 1.29 is 22.8 Å². The Balaban J connectivity index is 2.08.